The van der Waals surface area contributed by atoms with Crippen molar-refractivity contribution in [3.63, 3.8) is 0 Å². The number of fused-ring (bicyclic) bond motifs is 2. The third kappa shape index (κ3) is 2.97. The lowest BCUT2D eigenvalue weighted by Gasteiger charge is -2.27. The molecule has 4 nitrogen and oxygen atoms in total. The van der Waals surface area contributed by atoms with Crippen LogP contribution >= 0.6 is 0 Å². The van der Waals surface area contributed by atoms with Crippen molar-refractivity contribution >= 4 is 11.8 Å². The summed E-state index contributed by atoms with van der Waals surface area (Å²) < 4.78 is 0. The van der Waals surface area contributed by atoms with Crippen LogP contribution in [0.3, 0.4) is 0 Å². The first kappa shape index (κ1) is 15.4. The first-order valence-electron chi connectivity index (χ1n) is 8.99. The number of benzene rings is 1. The van der Waals surface area contributed by atoms with Crippen LogP contribution in [-0.2, 0) is 16.1 Å². The Morgan fingerprint density at radius 2 is 1.88 bits per heavy atom. The molecule has 126 valence electrons. The van der Waals surface area contributed by atoms with Gasteiger partial charge >= 0.3 is 0 Å². The molecule has 0 N–H and O–H groups in total. The van der Waals surface area contributed by atoms with Crippen LogP contribution in [0.15, 0.2) is 42.5 Å². The molecular formula is C20H24N2O2. The van der Waals surface area contributed by atoms with Gasteiger partial charge in [-0.05, 0) is 30.2 Å². The van der Waals surface area contributed by atoms with Crippen molar-refractivity contribution < 1.29 is 9.59 Å². The summed E-state index contributed by atoms with van der Waals surface area (Å²) in [6, 6.07) is 10.1. The number of allylic oxidation sites excluding steroid dienone is 2. The van der Waals surface area contributed by atoms with E-state index in [4.69, 9.17) is 0 Å². The fraction of sp³-hybridized carbons (Fsp3) is 0.500. The topological polar surface area (TPSA) is 40.6 Å². The van der Waals surface area contributed by atoms with Gasteiger partial charge in [0.25, 0.3) is 0 Å². The number of carbonyl (C=O) groups is 2. The Kier molecular flexibility index (Phi) is 4.13. The molecule has 3 atom stereocenters. The second kappa shape index (κ2) is 6.42. The Labute approximate surface area is 143 Å². The molecule has 0 spiro atoms. The van der Waals surface area contributed by atoms with Gasteiger partial charge in [0.15, 0.2) is 0 Å². The monoisotopic (exact) mass is 324 g/mol. The third-order valence-corrected chi connectivity index (χ3v) is 5.71. The molecule has 24 heavy (non-hydrogen) atoms. The molecule has 2 fully saturated rings. The lowest BCUT2D eigenvalue weighted by atomic mass is 9.92. The fourth-order valence-electron chi connectivity index (χ4n) is 4.36. The molecule has 0 aromatic heterocycles. The molecule has 2 aliphatic carbocycles. The van der Waals surface area contributed by atoms with Gasteiger partial charge in [0.2, 0.25) is 11.8 Å². The van der Waals surface area contributed by atoms with Crippen LogP contribution in [0.5, 0.6) is 0 Å². The average molecular weight is 324 g/mol. The summed E-state index contributed by atoms with van der Waals surface area (Å²) in [5, 5.41) is 0. The summed E-state index contributed by atoms with van der Waals surface area (Å²) in [5.41, 5.74) is 1.14. The Bertz CT molecular complexity index is 655. The minimum atomic E-state index is 0.149. The maximum absolute atomic E-state index is 12.9. The van der Waals surface area contributed by atoms with E-state index in [-0.39, 0.29) is 17.7 Å². The number of amides is 2. The predicted octanol–water partition coefficient (Wildman–Crippen LogP) is 2.46. The van der Waals surface area contributed by atoms with E-state index in [1.54, 1.807) is 0 Å². The summed E-state index contributed by atoms with van der Waals surface area (Å²) >= 11 is 0. The molecule has 1 aromatic carbocycles. The molecule has 2 bridgehead atoms. The summed E-state index contributed by atoms with van der Waals surface area (Å²) in [5.74, 6) is 1.60. The molecule has 1 saturated carbocycles. The average Bonchev–Trinajstić information content (AvgIpc) is 3.19. The maximum atomic E-state index is 12.9. The summed E-state index contributed by atoms with van der Waals surface area (Å²) in [7, 11) is 0. The van der Waals surface area contributed by atoms with Crippen LogP contribution in [0.2, 0.25) is 0 Å². The van der Waals surface area contributed by atoms with Crippen LogP contribution in [-0.4, -0.2) is 41.2 Å². The van der Waals surface area contributed by atoms with Gasteiger partial charge in [-0.15, -0.1) is 0 Å². The van der Waals surface area contributed by atoms with E-state index in [1.807, 2.05) is 40.1 Å². The number of carbonyl (C=O) groups excluding carboxylic acids is 2. The van der Waals surface area contributed by atoms with E-state index in [0.717, 1.165) is 18.4 Å². The van der Waals surface area contributed by atoms with Crippen LogP contribution in [0.4, 0.5) is 0 Å². The summed E-state index contributed by atoms with van der Waals surface area (Å²) in [4.78, 5) is 29.1. The minimum Gasteiger partial charge on any atom is -0.340 e. The molecule has 3 aliphatic rings. The molecule has 1 aliphatic heterocycles. The molecule has 1 heterocycles. The molecule has 4 heteroatoms. The van der Waals surface area contributed by atoms with Crippen LogP contribution in [0, 0.1) is 17.8 Å². The van der Waals surface area contributed by atoms with Crippen LogP contribution in [0.25, 0.3) is 0 Å². The standard InChI is InChI=1S/C20H24N2O2/c23-19-8-9-21(20(24)18-13-16-6-7-17(18)12-16)10-11-22(19)14-15-4-2-1-3-5-15/h1-7,16-18H,8-14H2/t16-,17+,18+/m1/s1. The molecule has 2 amide bonds. The lowest BCUT2D eigenvalue weighted by molar-refractivity contribution is -0.136. The molecule has 0 radical (unpaired) electrons. The third-order valence-electron chi connectivity index (χ3n) is 5.71. The SMILES string of the molecule is O=C1CCN(C(=O)[C@H]2C[C@@H]3C=C[C@H]2C3)CCN1Cc1ccccc1. The van der Waals surface area contributed by atoms with Crippen molar-refractivity contribution in [2.24, 2.45) is 17.8 Å². The Balaban J connectivity index is 1.39. The van der Waals surface area contributed by atoms with E-state index in [9.17, 15) is 9.59 Å². The van der Waals surface area contributed by atoms with Crippen molar-refractivity contribution in [3.8, 4) is 0 Å². The van der Waals surface area contributed by atoms with Gasteiger partial charge in [0.05, 0.1) is 0 Å². The van der Waals surface area contributed by atoms with Crippen molar-refractivity contribution in [2.75, 3.05) is 19.6 Å². The Morgan fingerprint density at radius 1 is 1.04 bits per heavy atom. The zero-order valence-corrected chi connectivity index (χ0v) is 13.9. The Morgan fingerprint density at radius 3 is 2.58 bits per heavy atom. The zero-order valence-electron chi connectivity index (χ0n) is 13.9. The number of nitrogens with zero attached hydrogens (tertiary/aromatic N) is 2. The van der Waals surface area contributed by atoms with Crippen LogP contribution < -0.4 is 0 Å². The number of hydrogen-bond acceptors (Lipinski definition) is 2. The van der Waals surface area contributed by atoms with Gasteiger partial charge in [0, 0.05) is 38.5 Å². The largest absolute Gasteiger partial charge is 0.340 e. The minimum absolute atomic E-state index is 0.149. The fourth-order valence-corrected chi connectivity index (χ4v) is 4.36. The van der Waals surface area contributed by atoms with Gasteiger partial charge in [0.1, 0.15) is 0 Å². The smallest absolute Gasteiger partial charge is 0.226 e. The first-order chi connectivity index (χ1) is 11.7. The van der Waals surface area contributed by atoms with Gasteiger partial charge in [-0.3, -0.25) is 9.59 Å². The number of rotatable bonds is 3. The van der Waals surface area contributed by atoms with E-state index >= 15 is 0 Å². The van der Waals surface area contributed by atoms with Crippen molar-refractivity contribution in [1.82, 2.24) is 9.80 Å². The van der Waals surface area contributed by atoms with Crippen molar-refractivity contribution in [1.29, 1.82) is 0 Å². The maximum Gasteiger partial charge on any atom is 0.226 e. The lowest BCUT2D eigenvalue weighted by Crippen LogP contribution is -2.40. The van der Waals surface area contributed by atoms with Gasteiger partial charge in [-0.25, -0.2) is 0 Å². The summed E-state index contributed by atoms with van der Waals surface area (Å²) in [6.07, 6.45) is 7.07. The van der Waals surface area contributed by atoms with Gasteiger partial charge in [-0.1, -0.05) is 42.5 Å². The van der Waals surface area contributed by atoms with Crippen molar-refractivity contribution in [2.45, 2.75) is 25.8 Å². The second-order valence-electron chi connectivity index (χ2n) is 7.26. The second-order valence-corrected chi connectivity index (χ2v) is 7.26. The van der Waals surface area contributed by atoms with E-state index < -0.39 is 0 Å². The molecular weight excluding hydrogens is 300 g/mol. The van der Waals surface area contributed by atoms with Gasteiger partial charge < -0.3 is 9.80 Å². The summed E-state index contributed by atoms with van der Waals surface area (Å²) in [6.45, 7) is 2.50. The molecule has 1 aromatic rings. The highest BCUT2D eigenvalue weighted by Crippen LogP contribution is 2.44. The van der Waals surface area contributed by atoms with E-state index in [2.05, 4.69) is 12.2 Å². The van der Waals surface area contributed by atoms with Crippen molar-refractivity contribution in [3.05, 3.63) is 48.0 Å². The number of hydrogen-bond donors (Lipinski definition) is 0. The van der Waals surface area contributed by atoms with E-state index in [0.29, 0.717) is 44.4 Å². The normalized spacial score (nSPS) is 29.2. The first-order valence-corrected chi connectivity index (χ1v) is 8.99. The highest BCUT2D eigenvalue weighted by Gasteiger charge is 2.41. The highest BCUT2D eigenvalue weighted by atomic mass is 16.2. The van der Waals surface area contributed by atoms with Gasteiger partial charge in [-0.2, -0.15) is 0 Å². The van der Waals surface area contributed by atoms with Crippen LogP contribution in [0.1, 0.15) is 24.8 Å². The predicted molar refractivity (Wildman–Crippen MR) is 91.9 cm³/mol. The molecule has 4 rings (SSSR count). The highest BCUT2D eigenvalue weighted by molar-refractivity contribution is 5.82. The molecule has 0 unspecified atom stereocenters. The molecule has 1 saturated heterocycles. The zero-order chi connectivity index (χ0) is 16.5. The van der Waals surface area contributed by atoms with E-state index in [1.165, 1.54) is 0 Å². The Hall–Kier alpha value is -2.10. The quantitative estimate of drug-likeness (QED) is 0.802.